The number of carbonyl (C=O) groups is 2. The molecule has 2 amide bonds. The molecule has 3 rings (SSSR count). The fourth-order valence-corrected chi connectivity index (χ4v) is 3.86. The van der Waals surface area contributed by atoms with Crippen LogP contribution in [0.1, 0.15) is 44.2 Å². The van der Waals surface area contributed by atoms with Crippen molar-refractivity contribution in [3.8, 4) is 0 Å². The van der Waals surface area contributed by atoms with E-state index >= 15 is 0 Å². The van der Waals surface area contributed by atoms with E-state index in [0.717, 1.165) is 44.5 Å². The highest BCUT2D eigenvalue weighted by Gasteiger charge is 2.34. The molecule has 5 nitrogen and oxygen atoms in total. The summed E-state index contributed by atoms with van der Waals surface area (Å²) in [5.74, 6) is 0.161. The Morgan fingerprint density at radius 1 is 1.17 bits per heavy atom. The van der Waals surface area contributed by atoms with Crippen LogP contribution in [-0.4, -0.2) is 47.3 Å². The average Bonchev–Trinajstić information content (AvgIpc) is 3.06. The maximum Gasteiger partial charge on any atom is 0.227 e. The number of nitrogens with zero attached hydrogens (tertiary/aromatic N) is 2. The number of piperidine rings is 1. The van der Waals surface area contributed by atoms with E-state index in [0.29, 0.717) is 12.5 Å². The lowest BCUT2D eigenvalue weighted by Gasteiger charge is -2.38. The van der Waals surface area contributed by atoms with Crippen molar-refractivity contribution in [2.45, 2.75) is 44.7 Å². The van der Waals surface area contributed by atoms with Crippen LogP contribution in [0.2, 0.25) is 0 Å². The van der Waals surface area contributed by atoms with E-state index < -0.39 is 0 Å². The van der Waals surface area contributed by atoms with Crippen molar-refractivity contribution in [2.24, 2.45) is 11.7 Å². The summed E-state index contributed by atoms with van der Waals surface area (Å²) in [6, 6.07) is 9.82. The Labute approximate surface area is 143 Å². The van der Waals surface area contributed by atoms with Gasteiger partial charge in [-0.1, -0.05) is 37.3 Å². The smallest absolute Gasteiger partial charge is 0.227 e. The second kappa shape index (κ2) is 7.34. The van der Waals surface area contributed by atoms with Crippen molar-refractivity contribution >= 4 is 11.8 Å². The normalized spacial score (nSPS) is 21.8. The van der Waals surface area contributed by atoms with E-state index in [1.54, 1.807) is 0 Å². The van der Waals surface area contributed by atoms with E-state index in [9.17, 15) is 9.59 Å². The van der Waals surface area contributed by atoms with Gasteiger partial charge in [0.15, 0.2) is 0 Å². The van der Waals surface area contributed by atoms with Crippen LogP contribution in [0.15, 0.2) is 30.3 Å². The number of benzene rings is 1. The average molecular weight is 329 g/mol. The molecule has 0 unspecified atom stereocenters. The molecular formula is C19H27N3O2. The largest absolute Gasteiger partial charge is 0.342 e. The van der Waals surface area contributed by atoms with Gasteiger partial charge in [0.05, 0.1) is 5.92 Å². The molecule has 2 fully saturated rings. The number of rotatable bonds is 4. The molecule has 130 valence electrons. The first-order valence-corrected chi connectivity index (χ1v) is 8.96. The SMILES string of the molecule is C[C@@H](C(=O)N1CCC(N2CCCC2=O)CC1)[C@H](N)c1ccccc1. The Bertz CT molecular complexity index is 582. The van der Waals surface area contributed by atoms with Gasteiger partial charge in [-0.3, -0.25) is 9.59 Å². The molecule has 2 aliphatic heterocycles. The Hall–Kier alpha value is -1.88. The van der Waals surface area contributed by atoms with Crippen molar-refractivity contribution < 1.29 is 9.59 Å². The molecule has 0 spiro atoms. The lowest BCUT2D eigenvalue weighted by molar-refractivity contribution is -0.138. The third kappa shape index (κ3) is 3.46. The minimum absolute atomic E-state index is 0.123. The Morgan fingerprint density at radius 2 is 1.83 bits per heavy atom. The molecule has 5 heteroatoms. The van der Waals surface area contributed by atoms with Crippen LogP contribution < -0.4 is 5.73 Å². The quantitative estimate of drug-likeness (QED) is 0.918. The first-order chi connectivity index (χ1) is 11.6. The summed E-state index contributed by atoms with van der Waals surface area (Å²) in [5.41, 5.74) is 7.29. The van der Waals surface area contributed by atoms with E-state index in [2.05, 4.69) is 0 Å². The monoisotopic (exact) mass is 329 g/mol. The first kappa shape index (κ1) is 17.0. The third-order valence-corrected chi connectivity index (χ3v) is 5.44. The molecule has 1 aromatic rings. The molecule has 2 N–H and O–H groups in total. The van der Waals surface area contributed by atoms with E-state index in [1.165, 1.54) is 0 Å². The molecular weight excluding hydrogens is 302 g/mol. The number of carbonyl (C=O) groups excluding carboxylic acids is 2. The van der Waals surface area contributed by atoms with Gasteiger partial charge in [-0.25, -0.2) is 0 Å². The van der Waals surface area contributed by atoms with Gasteiger partial charge in [-0.2, -0.15) is 0 Å². The van der Waals surface area contributed by atoms with E-state index in [1.807, 2.05) is 47.1 Å². The van der Waals surface area contributed by atoms with E-state index in [-0.39, 0.29) is 23.8 Å². The van der Waals surface area contributed by atoms with Crippen LogP contribution in [0.5, 0.6) is 0 Å². The lowest BCUT2D eigenvalue weighted by Crippen LogP contribution is -2.49. The summed E-state index contributed by atoms with van der Waals surface area (Å²) in [4.78, 5) is 28.6. The van der Waals surface area contributed by atoms with Crippen LogP contribution in [0.4, 0.5) is 0 Å². The van der Waals surface area contributed by atoms with Crippen molar-refractivity contribution in [1.82, 2.24) is 9.80 Å². The zero-order chi connectivity index (χ0) is 17.1. The van der Waals surface area contributed by atoms with Crippen molar-refractivity contribution in [1.29, 1.82) is 0 Å². The van der Waals surface area contributed by atoms with Crippen LogP contribution in [0.25, 0.3) is 0 Å². The Morgan fingerprint density at radius 3 is 2.42 bits per heavy atom. The van der Waals surface area contributed by atoms with Gasteiger partial charge in [-0.05, 0) is 24.8 Å². The van der Waals surface area contributed by atoms with Gasteiger partial charge in [-0.15, -0.1) is 0 Å². The molecule has 0 saturated carbocycles. The van der Waals surface area contributed by atoms with Crippen LogP contribution in [0.3, 0.4) is 0 Å². The van der Waals surface area contributed by atoms with Crippen LogP contribution in [-0.2, 0) is 9.59 Å². The summed E-state index contributed by atoms with van der Waals surface area (Å²) in [5, 5.41) is 0. The van der Waals surface area contributed by atoms with Gasteiger partial charge in [0.1, 0.15) is 0 Å². The summed E-state index contributed by atoms with van der Waals surface area (Å²) in [6.07, 6.45) is 3.42. The predicted molar refractivity (Wildman–Crippen MR) is 93.1 cm³/mol. The van der Waals surface area contributed by atoms with Crippen molar-refractivity contribution in [3.63, 3.8) is 0 Å². The molecule has 0 aliphatic carbocycles. The summed E-state index contributed by atoms with van der Waals surface area (Å²) >= 11 is 0. The van der Waals surface area contributed by atoms with Crippen LogP contribution in [0, 0.1) is 5.92 Å². The van der Waals surface area contributed by atoms with Crippen molar-refractivity contribution in [3.05, 3.63) is 35.9 Å². The highest BCUT2D eigenvalue weighted by molar-refractivity contribution is 5.80. The van der Waals surface area contributed by atoms with Gasteiger partial charge < -0.3 is 15.5 Å². The highest BCUT2D eigenvalue weighted by atomic mass is 16.2. The van der Waals surface area contributed by atoms with E-state index in [4.69, 9.17) is 5.73 Å². The molecule has 1 aromatic carbocycles. The molecule has 24 heavy (non-hydrogen) atoms. The molecule has 2 atom stereocenters. The Balaban J connectivity index is 1.55. The van der Waals surface area contributed by atoms with Gasteiger partial charge >= 0.3 is 0 Å². The number of likely N-dealkylation sites (tertiary alicyclic amines) is 2. The fraction of sp³-hybridized carbons (Fsp3) is 0.579. The predicted octanol–water partition coefficient (Wildman–Crippen LogP) is 1.94. The Kier molecular flexibility index (Phi) is 5.19. The maximum atomic E-state index is 12.8. The maximum absolute atomic E-state index is 12.8. The molecule has 0 radical (unpaired) electrons. The fourth-order valence-electron chi connectivity index (χ4n) is 3.86. The topological polar surface area (TPSA) is 66.6 Å². The number of amides is 2. The minimum Gasteiger partial charge on any atom is -0.342 e. The first-order valence-electron chi connectivity index (χ1n) is 8.96. The molecule has 0 bridgehead atoms. The van der Waals surface area contributed by atoms with Gasteiger partial charge in [0.2, 0.25) is 11.8 Å². The second-order valence-corrected chi connectivity index (χ2v) is 6.97. The summed E-state index contributed by atoms with van der Waals surface area (Å²) in [6.45, 7) is 4.24. The van der Waals surface area contributed by atoms with Crippen molar-refractivity contribution in [2.75, 3.05) is 19.6 Å². The van der Waals surface area contributed by atoms with Gasteiger partial charge in [0.25, 0.3) is 0 Å². The number of hydrogen-bond acceptors (Lipinski definition) is 3. The molecule has 2 saturated heterocycles. The lowest BCUT2D eigenvalue weighted by atomic mass is 9.93. The van der Waals surface area contributed by atoms with Gasteiger partial charge in [0, 0.05) is 38.1 Å². The minimum atomic E-state index is -0.281. The number of hydrogen-bond donors (Lipinski definition) is 1. The molecule has 0 aromatic heterocycles. The zero-order valence-electron chi connectivity index (χ0n) is 14.4. The molecule has 2 aliphatic rings. The third-order valence-electron chi connectivity index (χ3n) is 5.44. The summed E-state index contributed by atoms with van der Waals surface area (Å²) < 4.78 is 0. The second-order valence-electron chi connectivity index (χ2n) is 6.97. The standard InChI is InChI=1S/C19H27N3O2/c1-14(18(20)15-6-3-2-4-7-15)19(24)21-12-9-16(10-13-21)22-11-5-8-17(22)23/h2-4,6-7,14,16,18H,5,8-13,20H2,1H3/t14-,18+/m1/s1. The van der Waals surface area contributed by atoms with Crippen LogP contribution >= 0.6 is 0 Å². The summed E-state index contributed by atoms with van der Waals surface area (Å²) in [7, 11) is 0. The highest BCUT2D eigenvalue weighted by Crippen LogP contribution is 2.25. The number of nitrogens with two attached hydrogens (primary N) is 1. The zero-order valence-corrected chi connectivity index (χ0v) is 14.4. The molecule has 2 heterocycles.